The third-order valence-electron chi connectivity index (χ3n) is 3.42. The predicted molar refractivity (Wildman–Crippen MR) is 65.3 cm³/mol. The van der Waals surface area contributed by atoms with Crippen molar-refractivity contribution in [3.63, 3.8) is 0 Å². The van der Waals surface area contributed by atoms with Gasteiger partial charge in [-0.2, -0.15) is 0 Å². The Hall–Kier alpha value is -0.410. The van der Waals surface area contributed by atoms with Crippen LogP contribution in [0.5, 0.6) is 0 Å². The lowest BCUT2D eigenvalue weighted by Gasteiger charge is -2.19. The van der Waals surface area contributed by atoms with E-state index in [0.717, 1.165) is 18.5 Å². The Morgan fingerprint density at radius 2 is 2.47 bits per heavy atom. The average Bonchev–Trinajstić information content (AvgIpc) is 2.85. The molecular formula is C12H20N2S. The van der Waals surface area contributed by atoms with Crippen LogP contribution in [0, 0.1) is 5.92 Å². The van der Waals surface area contributed by atoms with E-state index in [2.05, 4.69) is 29.5 Å². The summed E-state index contributed by atoms with van der Waals surface area (Å²) in [6.45, 7) is 5.69. The second-order valence-corrected chi connectivity index (χ2v) is 5.62. The molecule has 3 atom stereocenters. The fourth-order valence-electron chi connectivity index (χ4n) is 2.34. The molecule has 1 N–H and O–H groups in total. The summed E-state index contributed by atoms with van der Waals surface area (Å²) in [6.07, 6.45) is 6.04. The van der Waals surface area contributed by atoms with Gasteiger partial charge in [0.25, 0.3) is 0 Å². The first-order valence-electron chi connectivity index (χ1n) is 5.90. The van der Waals surface area contributed by atoms with E-state index in [1.165, 1.54) is 24.3 Å². The summed E-state index contributed by atoms with van der Waals surface area (Å²) >= 11 is 1.76. The highest BCUT2D eigenvalue weighted by Crippen LogP contribution is 2.25. The summed E-state index contributed by atoms with van der Waals surface area (Å²) in [7, 11) is 0. The zero-order valence-electron chi connectivity index (χ0n) is 9.57. The second kappa shape index (κ2) is 5.08. The maximum Gasteiger partial charge on any atom is 0.0965 e. The largest absolute Gasteiger partial charge is 0.313 e. The van der Waals surface area contributed by atoms with E-state index in [1.807, 2.05) is 6.20 Å². The van der Waals surface area contributed by atoms with Crippen molar-refractivity contribution < 1.29 is 0 Å². The lowest BCUT2D eigenvalue weighted by Crippen LogP contribution is -2.33. The van der Waals surface area contributed by atoms with Gasteiger partial charge in [-0.15, -0.1) is 11.3 Å². The molecule has 3 unspecified atom stereocenters. The fourth-order valence-corrected chi connectivity index (χ4v) is 3.04. The van der Waals surface area contributed by atoms with Crippen LogP contribution in [0.1, 0.15) is 44.0 Å². The van der Waals surface area contributed by atoms with Crippen LogP contribution in [-0.4, -0.2) is 17.6 Å². The minimum absolute atomic E-state index is 0.554. The smallest absolute Gasteiger partial charge is 0.0965 e. The van der Waals surface area contributed by atoms with E-state index in [0.29, 0.717) is 5.92 Å². The van der Waals surface area contributed by atoms with Crippen molar-refractivity contribution in [2.24, 2.45) is 5.92 Å². The molecule has 1 aromatic rings. The number of aromatic nitrogens is 1. The SMILES string of the molecule is CC(CNC1CCCC1C)c1nccs1. The lowest BCUT2D eigenvalue weighted by atomic mass is 10.1. The summed E-state index contributed by atoms with van der Waals surface area (Å²) < 4.78 is 0. The summed E-state index contributed by atoms with van der Waals surface area (Å²) in [4.78, 5) is 4.36. The number of rotatable bonds is 4. The minimum atomic E-state index is 0.554. The Morgan fingerprint density at radius 3 is 3.07 bits per heavy atom. The number of thiazole rings is 1. The quantitative estimate of drug-likeness (QED) is 0.850. The van der Waals surface area contributed by atoms with Gasteiger partial charge in [0.05, 0.1) is 5.01 Å². The van der Waals surface area contributed by atoms with Gasteiger partial charge in [-0.1, -0.05) is 20.3 Å². The molecule has 2 nitrogen and oxygen atoms in total. The van der Waals surface area contributed by atoms with Crippen molar-refractivity contribution in [1.82, 2.24) is 10.3 Å². The first kappa shape index (κ1) is 11.1. The second-order valence-electron chi connectivity index (χ2n) is 4.69. The van der Waals surface area contributed by atoms with Crippen molar-refractivity contribution in [3.8, 4) is 0 Å². The van der Waals surface area contributed by atoms with Crippen LogP contribution in [0.15, 0.2) is 11.6 Å². The molecule has 1 heterocycles. The van der Waals surface area contributed by atoms with Crippen LogP contribution in [-0.2, 0) is 0 Å². The molecule has 0 bridgehead atoms. The van der Waals surface area contributed by atoms with Gasteiger partial charge < -0.3 is 5.32 Å². The zero-order chi connectivity index (χ0) is 10.7. The summed E-state index contributed by atoms with van der Waals surface area (Å²) in [5, 5.41) is 7.00. The van der Waals surface area contributed by atoms with Crippen molar-refractivity contribution in [3.05, 3.63) is 16.6 Å². The molecule has 1 aliphatic carbocycles. The first-order valence-corrected chi connectivity index (χ1v) is 6.78. The molecule has 15 heavy (non-hydrogen) atoms. The van der Waals surface area contributed by atoms with Gasteiger partial charge in [0, 0.05) is 30.1 Å². The van der Waals surface area contributed by atoms with Gasteiger partial charge >= 0.3 is 0 Å². The van der Waals surface area contributed by atoms with E-state index in [4.69, 9.17) is 0 Å². The first-order chi connectivity index (χ1) is 7.27. The predicted octanol–water partition coefficient (Wildman–Crippen LogP) is 3.02. The fraction of sp³-hybridized carbons (Fsp3) is 0.750. The van der Waals surface area contributed by atoms with Crippen LogP contribution >= 0.6 is 11.3 Å². The van der Waals surface area contributed by atoms with Crippen LogP contribution in [0.3, 0.4) is 0 Å². The normalized spacial score (nSPS) is 28.1. The highest BCUT2D eigenvalue weighted by atomic mass is 32.1. The van der Waals surface area contributed by atoms with Crippen LogP contribution in [0.2, 0.25) is 0 Å². The van der Waals surface area contributed by atoms with Gasteiger partial charge in [0.2, 0.25) is 0 Å². The Bertz CT molecular complexity index is 284. The molecule has 3 heteroatoms. The van der Waals surface area contributed by atoms with Crippen molar-refractivity contribution in [2.75, 3.05) is 6.54 Å². The van der Waals surface area contributed by atoms with Gasteiger partial charge in [-0.25, -0.2) is 4.98 Å². The zero-order valence-corrected chi connectivity index (χ0v) is 10.4. The molecule has 0 aliphatic heterocycles. The minimum Gasteiger partial charge on any atom is -0.313 e. The third-order valence-corrected chi connectivity index (χ3v) is 4.43. The van der Waals surface area contributed by atoms with Crippen LogP contribution in [0.25, 0.3) is 0 Å². The van der Waals surface area contributed by atoms with Crippen molar-refractivity contribution in [1.29, 1.82) is 0 Å². The highest BCUT2D eigenvalue weighted by Gasteiger charge is 2.23. The molecule has 84 valence electrons. The Kier molecular flexibility index (Phi) is 3.76. The average molecular weight is 224 g/mol. The standard InChI is InChI=1S/C12H20N2S/c1-9-4-3-5-11(9)14-8-10(2)12-13-6-7-15-12/h6-7,9-11,14H,3-5,8H2,1-2H3. The molecule has 1 aliphatic rings. The molecule has 1 saturated carbocycles. The molecule has 1 aromatic heterocycles. The Labute approximate surface area is 96.1 Å². The van der Waals surface area contributed by atoms with Crippen LogP contribution in [0.4, 0.5) is 0 Å². The molecular weight excluding hydrogens is 204 g/mol. The molecule has 0 amide bonds. The topological polar surface area (TPSA) is 24.9 Å². The van der Waals surface area contributed by atoms with Gasteiger partial charge in [-0.05, 0) is 18.8 Å². The van der Waals surface area contributed by atoms with Crippen LogP contribution < -0.4 is 5.32 Å². The van der Waals surface area contributed by atoms with Gasteiger partial charge in [0.15, 0.2) is 0 Å². The molecule has 2 rings (SSSR count). The van der Waals surface area contributed by atoms with Crippen molar-refractivity contribution in [2.45, 2.75) is 45.1 Å². The van der Waals surface area contributed by atoms with Crippen molar-refractivity contribution >= 4 is 11.3 Å². The number of hydrogen-bond acceptors (Lipinski definition) is 3. The molecule has 1 fully saturated rings. The van der Waals surface area contributed by atoms with Gasteiger partial charge in [-0.3, -0.25) is 0 Å². The molecule has 0 radical (unpaired) electrons. The third kappa shape index (κ3) is 2.79. The van der Waals surface area contributed by atoms with E-state index < -0.39 is 0 Å². The van der Waals surface area contributed by atoms with Gasteiger partial charge in [0.1, 0.15) is 0 Å². The number of nitrogens with one attached hydrogen (secondary N) is 1. The molecule has 0 spiro atoms. The maximum atomic E-state index is 4.36. The lowest BCUT2D eigenvalue weighted by molar-refractivity contribution is 0.416. The molecule has 0 aromatic carbocycles. The maximum absolute atomic E-state index is 4.36. The molecule has 0 saturated heterocycles. The van der Waals surface area contributed by atoms with E-state index in [1.54, 1.807) is 11.3 Å². The van der Waals surface area contributed by atoms with E-state index in [-0.39, 0.29) is 0 Å². The number of nitrogens with zero attached hydrogens (tertiary/aromatic N) is 1. The van der Waals surface area contributed by atoms with E-state index in [9.17, 15) is 0 Å². The number of hydrogen-bond donors (Lipinski definition) is 1. The van der Waals surface area contributed by atoms with E-state index >= 15 is 0 Å². The Balaban J connectivity index is 1.78. The monoisotopic (exact) mass is 224 g/mol. The highest BCUT2D eigenvalue weighted by molar-refractivity contribution is 7.09. The summed E-state index contributed by atoms with van der Waals surface area (Å²) in [6, 6.07) is 0.743. The Morgan fingerprint density at radius 1 is 1.60 bits per heavy atom. The summed E-state index contributed by atoms with van der Waals surface area (Å²) in [5.41, 5.74) is 0. The summed E-state index contributed by atoms with van der Waals surface area (Å²) in [5.74, 6) is 1.41.